The van der Waals surface area contributed by atoms with Crippen LogP contribution in [-0.2, 0) is 23.1 Å². The Morgan fingerprint density at radius 2 is 1.73 bits per heavy atom. The van der Waals surface area contributed by atoms with Crippen LogP contribution in [0.15, 0.2) is 60.0 Å². The molecule has 0 atom stereocenters. The maximum Gasteiger partial charge on any atom is 0.230 e. The zero-order chi connectivity index (χ0) is 18.6. The summed E-state index contributed by atoms with van der Waals surface area (Å²) >= 11 is 1.61. The van der Waals surface area contributed by atoms with Crippen LogP contribution in [0.25, 0.3) is 0 Å². The maximum absolute atomic E-state index is 12.3. The Labute approximate surface area is 159 Å². The summed E-state index contributed by atoms with van der Waals surface area (Å²) in [4.78, 5) is 16.9. The first-order chi connectivity index (χ1) is 12.4. The van der Waals surface area contributed by atoms with Crippen molar-refractivity contribution < 1.29 is 4.79 Å². The van der Waals surface area contributed by atoms with Crippen molar-refractivity contribution in [2.24, 2.45) is 0 Å². The molecular weight excluding hydrogens is 340 g/mol. The van der Waals surface area contributed by atoms with Crippen molar-refractivity contribution in [2.45, 2.75) is 39.0 Å². The summed E-state index contributed by atoms with van der Waals surface area (Å²) in [5.74, 6) is -0.0370. The smallest absolute Gasteiger partial charge is 0.230 e. The van der Waals surface area contributed by atoms with Gasteiger partial charge in [-0.05, 0) is 28.7 Å². The average molecular weight is 365 g/mol. The van der Waals surface area contributed by atoms with Gasteiger partial charge in [0.05, 0.1) is 17.1 Å². The van der Waals surface area contributed by atoms with Gasteiger partial charge in [0.2, 0.25) is 5.91 Å². The topological polar surface area (TPSA) is 42.0 Å². The summed E-state index contributed by atoms with van der Waals surface area (Å²) in [5, 5.41) is 5.96. The molecule has 3 nitrogen and oxygen atoms in total. The van der Waals surface area contributed by atoms with Crippen molar-refractivity contribution in [3.63, 3.8) is 0 Å². The zero-order valence-electron chi connectivity index (χ0n) is 15.5. The fourth-order valence-electron chi connectivity index (χ4n) is 2.71. The lowest BCUT2D eigenvalue weighted by Gasteiger charge is -2.19. The number of rotatable bonds is 5. The van der Waals surface area contributed by atoms with Crippen LogP contribution in [0.5, 0.6) is 0 Å². The molecule has 0 fully saturated rings. The van der Waals surface area contributed by atoms with Gasteiger partial charge in [0.15, 0.2) is 0 Å². The molecule has 3 rings (SSSR count). The molecule has 26 heavy (non-hydrogen) atoms. The molecule has 0 bridgehead atoms. The second-order valence-corrected chi connectivity index (χ2v) is 8.39. The fourth-order valence-corrected chi connectivity index (χ4v) is 3.53. The number of anilines is 1. The molecule has 1 heterocycles. The van der Waals surface area contributed by atoms with Crippen molar-refractivity contribution in [3.8, 4) is 0 Å². The van der Waals surface area contributed by atoms with Crippen LogP contribution in [0.4, 0.5) is 5.69 Å². The van der Waals surface area contributed by atoms with Crippen molar-refractivity contribution in [3.05, 3.63) is 81.8 Å². The summed E-state index contributed by atoms with van der Waals surface area (Å²) in [7, 11) is 0. The van der Waals surface area contributed by atoms with E-state index in [1.54, 1.807) is 11.3 Å². The molecule has 0 saturated heterocycles. The van der Waals surface area contributed by atoms with Crippen LogP contribution in [0.2, 0.25) is 0 Å². The predicted molar refractivity (Wildman–Crippen MR) is 109 cm³/mol. The van der Waals surface area contributed by atoms with Gasteiger partial charge in [-0.15, -0.1) is 11.3 Å². The van der Waals surface area contributed by atoms with Gasteiger partial charge in [-0.3, -0.25) is 4.79 Å². The van der Waals surface area contributed by atoms with Crippen LogP contribution in [-0.4, -0.2) is 10.9 Å². The van der Waals surface area contributed by atoms with Crippen molar-refractivity contribution in [2.75, 3.05) is 5.32 Å². The molecule has 0 aliphatic rings. The minimum absolute atomic E-state index is 0.0370. The van der Waals surface area contributed by atoms with E-state index in [2.05, 4.69) is 55.3 Å². The van der Waals surface area contributed by atoms with Crippen LogP contribution in [0.3, 0.4) is 0 Å². The summed E-state index contributed by atoms with van der Waals surface area (Å²) in [6.45, 7) is 6.53. The predicted octanol–water partition coefficient (Wildman–Crippen LogP) is 5.21. The van der Waals surface area contributed by atoms with Crippen LogP contribution in [0.1, 0.15) is 42.6 Å². The minimum Gasteiger partial charge on any atom is -0.326 e. The van der Waals surface area contributed by atoms with E-state index in [0.29, 0.717) is 6.42 Å². The van der Waals surface area contributed by atoms with E-state index in [-0.39, 0.29) is 11.3 Å². The molecule has 0 saturated carbocycles. The third-order valence-corrected chi connectivity index (χ3v) is 5.07. The lowest BCUT2D eigenvalue weighted by atomic mass is 9.87. The highest BCUT2D eigenvalue weighted by Crippen LogP contribution is 2.23. The lowest BCUT2D eigenvalue weighted by molar-refractivity contribution is -0.115. The Morgan fingerprint density at radius 1 is 1.04 bits per heavy atom. The number of carbonyl (C=O) groups is 1. The highest BCUT2D eigenvalue weighted by Gasteiger charge is 2.13. The molecule has 0 aliphatic carbocycles. The number of hydrogen-bond donors (Lipinski definition) is 1. The van der Waals surface area contributed by atoms with Gasteiger partial charge in [-0.1, -0.05) is 63.2 Å². The lowest BCUT2D eigenvalue weighted by Crippen LogP contribution is -2.15. The Hall–Kier alpha value is -2.46. The van der Waals surface area contributed by atoms with Gasteiger partial charge in [-0.2, -0.15) is 0 Å². The molecule has 2 aromatic carbocycles. The number of nitrogens with one attached hydrogen (secondary N) is 1. The third kappa shape index (κ3) is 5.02. The number of hydrogen-bond acceptors (Lipinski definition) is 3. The first kappa shape index (κ1) is 18.3. The van der Waals surface area contributed by atoms with Crippen LogP contribution in [0, 0.1) is 0 Å². The zero-order valence-corrected chi connectivity index (χ0v) is 16.3. The second-order valence-electron chi connectivity index (χ2n) is 7.45. The van der Waals surface area contributed by atoms with Crippen LogP contribution >= 0.6 is 11.3 Å². The number of aromatic nitrogens is 1. The molecule has 1 amide bonds. The number of carbonyl (C=O) groups excluding carboxylic acids is 1. The molecule has 0 unspecified atom stereocenters. The van der Waals surface area contributed by atoms with E-state index < -0.39 is 0 Å². The Balaban J connectivity index is 1.57. The Bertz CT molecular complexity index is 861. The van der Waals surface area contributed by atoms with E-state index in [1.807, 2.05) is 35.7 Å². The Morgan fingerprint density at radius 3 is 2.38 bits per heavy atom. The number of amides is 1. The first-order valence-electron chi connectivity index (χ1n) is 8.78. The van der Waals surface area contributed by atoms with Crippen molar-refractivity contribution in [1.82, 2.24) is 4.98 Å². The minimum atomic E-state index is -0.0370. The molecule has 4 heteroatoms. The van der Waals surface area contributed by atoms with E-state index in [4.69, 9.17) is 0 Å². The quantitative estimate of drug-likeness (QED) is 0.675. The van der Waals surface area contributed by atoms with Gasteiger partial charge in [0, 0.05) is 17.5 Å². The SMILES string of the molecule is CC(C)(C)c1ccc(NC(=O)Cc2csc(Cc3ccccc3)n2)cc1. The Kier molecular flexibility index (Phi) is 5.52. The molecule has 1 N–H and O–H groups in total. The molecule has 0 spiro atoms. The monoisotopic (exact) mass is 364 g/mol. The first-order valence-corrected chi connectivity index (χ1v) is 9.66. The van der Waals surface area contributed by atoms with Gasteiger partial charge >= 0.3 is 0 Å². The standard InChI is InChI=1S/C22H24N2OS/c1-22(2,3)17-9-11-18(12-10-17)23-20(25)14-19-15-26-21(24-19)13-16-7-5-4-6-8-16/h4-12,15H,13-14H2,1-3H3,(H,23,25). The summed E-state index contributed by atoms with van der Waals surface area (Å²) in [6, 6.07) is 18.3. The van der Waals surface area contributed by atoms with E-state index in [9.17, 15) is 4.79 Å². The van der Waals surface area contributed by atoms with Gasteiger partial charge < -0.3 is 5.32 Å². The fraction of sp³-hybridized carbons (Fsp3) is 0.273. The second kappa shape index (κ2) is 7.83. The maximum atomic E-state index is 12.3. The van der Waals surface area contributed by atoms with E-state index in [0.717, 1.165) is 22.8 Å². The van der Waals surface area contributed by atoms with Gasteiger partial charge in [0.1, 0.15) is 0 Å². The summed E-state index contributed by atoms with van der Waals surface area (Å²) < 4.78 is 0. The highest BCUT2D eigenvalue weighted by atomic mass is 32.1. The average Bonchev–Trinajstić information content (AvgIpc) is 3.02. The molecule has 0 aliphatic heterocycles. The van der Waals surface area contributed by atoms with Gasteiger partial charge in [-0.25, -0.2) is 4.98 Å². The third-order valence-electron chi connectivity index (χ3n) is 4.17. The molecule has 0 radical (unpaired) electrons. The highest BCUT2D eigenvalue weighted by molar-refractivity contribution is 7.09. The largest absolute Gasteiger partial charge is 0.326 e. The van der Waals surface area contributed by atoms with Gasteiger partial charge in [0.25, 0.3) is 0 Å². The van der Waals surface area contributed by atoms with Crippen molar-refractivity contribution in [1.29, 1.82) is 0 Å². The summed E-state index contributed by atoms with van der Waals surface area (Å²) in [6.07, 6.45) is 1.10. The van der Waals surface area contributed by atoms with Crippen molar-refractivity contribution >= 4 is 22.9 Å². The number of benzene rings is 2. The van der Waals surface area contributed by atoms with E-state index >= 15 is 0 Å². The number of thiazole rings is 1. The normalized spacial score (nSPS) is 11.3. The molecule has 134 valence electrons. The van der Waals surface area contributed by atoms with E-state index in [1.165, 1.54) is 11.1 Å². The van der Waals surface area contributed by atoms with Crippen LogP contribution < -0.4 is 5.32 Å². The summed E-state index contributed by atoms with van der Waals surface area (Å²) in [5.41, 5.74) is 4.24. The molecular formula is C22H24N2OS. The number of nitrogens with zero attached hydrogens (tertiary/aromatic N) is 1. The molecule has 3 aromatic rings. The molecule has 1 aromatic heterocycles.